The molecule has 110 valence electrons. The van der Waals surface area contributed by atoms with Crippen LogP contribution in [-0.2, 0) is 4.79 Å². The van der Waals surface area contributed by atoms with E-state index in [4.69, 9.17) is 4.74 Å². The van der Waals surface area contributed by atoms with Gasteiger partial charge in [-0.3, -0.25) is 9.78 Å². The van der Waals surface area contributed by atoms with Crippen LogP contribution >= 0.6 is 0 Å². The van der Waals surface area contributed by atoms with Crippen LogP contribution in [0.1, 0.15) is 33.6 Å². The van der Waals surface area contributed by atoms with Crippen molar-refractivity contribution in [3.8, 4) is 5.88 Å². The second-order valence-corrected chi connectivity index (χ2v) is 5.73. The highest BCUT2D eigenvalue weighted by Gasteiger charge is 2.37. The molecule has 20 heavy (non-hydrogen) atoms. The van der Waals surface area contributed by atoms with Gasteiger partial charge in [0.05, 0.1) is 23.9 Å². The Morgan fingerprint density at radius 3 is 2.60 bits per heavy atom. The smallest absolute Gasteiger partial charge is 0.309 e. The Morgan fingerprint density at radius 2 is 2.05 bits per heavy atom. The topological polar surface area (TPSA) is 75.5 Å². The van der Waals surface area contributed by atoms with Crippen molar-refractivity contribution >= 4 is 11.8 Å². The van der Waals surface area contributed by atoms with Crippen molar-refractivity contribution in [1.29, 1.82) is 0 Å². The Balaban J connectivity index is 2.05. The van der Waals surface area contributed by atoms with Gasteiger partial charge in [0.2, 0.25) is 5.88 Å². The molecule has 1 N–H and O–H groups in total. The molecule has 0 saturated carbocycles. The van der Waals surface area contributed by atoms with Gasteiger partial charge in [0.1, 0.15) is 0 Å². The van der Waals surface area contributed by atoms with E-state index in [0.29, 0.717) is 31.8 Å². The molecule has 0 atom stereocenters. The first kappa shape index (κ1) is 14.6. The molecule has 2 heterocycles. The van der Waals surface area contributed by atoms with E-state index in [1.165, 1.54) is 0 Å². The average Bonchev–Trinajstić information content (AvgIpc) is 2.39. The Kier molecular flexibility index (Phi) is 4.11. The van der Waals surface area contributed by atoms with Crippen LogP contribution in [0, 0.1) is 5.41 Å². The van der Waals surface area contributed by atoms with Crippen molar-refractivity contribution < 1.29 is 14.6 Å². The molecule has 1 saturated heterocycles. The van der Waals surface area contributed by atoms with E-state index in [-0.39, 0.29) is 6.10 Å². The third-order valence-corrected chi connectivity index (χ3v) is 3.66. The molecule has 1 aliphatic rings. The van der Waals surface area contributed by atoms with Crippen molar-refractivity contribution in [1.82, 2.24) is 9.97 Å². The van der Waals surface area contributed by atoms with Crippen molar-refractivity contribution in [2.75, 3.05) is 18.0 Å². The lowest BCUT2D eigenvalue weighted by Crippen LogP contribution is -2.43. The van der Waals surface area contributed by atoms with Crippen LogP contribution in [0.15, 0.2) is 12.4 Å². The van der Waals surface area contributed by atoms with Crippen LogP contribution in [0.5, 0.6) is 5.88 Å². The molecule has 1 aromatic heterocycles. The van der Waals surface area contributed by atoms with E-state index in [2.05, 4.69) is 14.9 Å². The Hall–Kier alpha value is -1.85. The standard InChI is InChI=1S/C14H21N3O3/c1-10(2)20-12-9-15-8-11(16-12)17-6-4-14(3,5-7-17)13(18)19/h8-10H,4-7H2,1-3H3,(H,18,19). The second-order valence-electron chi connectivity index (χ2n) is 5.73. The average molecular weight is 279 g/mol. The highest BCUT2D eigenvalue weighted by molar-refractivity contribution is 5.74. The molecule has 1 aliphatic heterocycles. The molecule has 0 amide bonds. The lowest BCUT2D eigenvalue weighted by molar-refractivity contribution is -0.149. The van der Waals surface area contributed by atoms with E-state index in [9.17, 15) is 9.90 Å². The highest BCUT2D eigenvalue weighted by atomic mass is 16.5. The Labute approximate surface area is 118 Å². The predicted octanol–water partition coefficient (Wildman–Crippen LogP) is 1.95. The molecule has 0 aromatic carbocycles. The van der Waals surface area contributed by atoms with Gasteiger partial charge < -0.3 is 14.7 Å². The first-order valence-corrected chi connectivity index (χ1v) is 6.88. The van der Waals surface area contributed by atoms with Gasteiger partial charge >= 0.3 is 5.97 Å². The molecular formula is C14H21N3O3. The highest BCUT2D eigenvalue weighted by Crippen LogP contribution is 2.32. The molecule has 6 nitrogen and oxygen atoms in total. The maximum Gasteiger partial charge on any atom is 0.309 e. The van der Waals surface area contributed by atoms with E-state index < -0.39 is 11.4 Å². The van der Waals surface area contributed by atoms with Crippen LogP contribution < -0.4 is 9.64 Å². The number of carboxylic acid groups (broad SMARTS) is 1. The van der Waals surface area contributed by atoms with Gasteiger partial charge in [-0.15, -0.1) is 0 Å². The maximum atomic E-state index is 11.2. The number of hydrogen-bond acceptors (Lipinski definition) is 5. The molecular weight excluding hydrogens is 258 g/mol. The van der Waals surface area contributed by atoms with Crippen LogP contribution in [0.25, 0.3) is 0 Å². The zero-order valence-electron chi connectivity index (χ0n) is 12.2. The molecule has 0 bridgehead atoms. The van der Waals surface area contributed by atoms with Gasteiger partial charge in [-0.25, -0.2) is 0 Å². The molecule has 1 aromatic rings. The maximum absolute atomic E-state index is 11.2. The Morgan fingerprint density at radius 1 is 1.40 bits per heavy atom. The zero-order chi connectivity index (χ0) is 14.8. The lowest BCUT2D eigenvalue weighted by atomic mass is 9.80. The van der Waals surface area contributed by atoms with Gasteiger partial charge in [0, 0.05) is 13.1 Å². The first-order valence-electron chi connectivity index (χ1n) is 6.88. The van der Waals surface area contributed by atoms with Crippen LogP contribution in [0.4, 0.5) is 5.82 Å². The number of carboxylic acids is 1. The fourth-order valence-electron chi connectivity index (χ4n) is 2.23. The summed E-state index contributed by atoms with van der Waals surface area (Å²) >= 11 is 0. The molecule has 6 heteroatoms. The monoisotopic (exact) mass is 279 g/mol. The summed E-state index contributed by atoms with van der Waals surface area (Å²) in [5.74, 6) is 0.528. The fourth-order valence-corrected chi connectivity index (χ4v) is 2.23. The number of aromatic nitrogens is 2. The van der Waals surface area contributed by atoms with Gasteiger partial charge in [-0.1, -0.05) is 0 Å². The summed E-state index contributed by atoms with van der Waals surface area (Å²) in [4.78, 5) is 21.9. The largest absolute Gasteiger partial charge is 0.481 e. The number of anilines is 1. The number of piperidine rings is 1. The third kappa shape index (κ3) is 3.18. The zero-order valence-corrected chi connectivity index (χ0v) is 12.2. The van der Waals surface area contributed by atoms with Crippen molar-refractivity contribution in [3.63, 3.8) is 0 Å². The predicted molar refractivity (Wildman–Crippen MR) is 75.0 cm³/mol. The summed E-state index contributed by atoms with van der Waals surface area (Å²) in [5, 5.41) is 9.23. The molecule has 0 unspecified atom stereocenters. The number of nitrogens with zero attached hydrogens (tertiary/aromatic N) is 3. The third-order valence-electron chi connectivity index (χ3n) is 3.66. The molecule has 0 radical (unpaired) electrons. The normalized spacial score (nSPS) is 18.1. The van der Waals surface area contributed by atoms with Crippen LogP contribution in [0.2, 0.25) is 0 Å². The van der Waals surface area contributed by atoms with Crippen molar-refractivity contribution in [2.45, 2.75) is 39.7 Å². The summed E-state index contributed by atoms with van der Waals surface area (Å²) in [6.45, 7) is 7.02. The van der Waals surface area contributed by atoms with Gasteiger partial charge in [-0.2, -0.15) is 4.98 Å². The molecule has 0 spiro atoms. The van der Waals surface area contributed by atoms with Crippen LogP contribution in [-0.4, -0.2) is 40.2 Å². The summed E-state index contributed by atoms with van der Waals surface area (Å²) in [6, 6.07) is 0. The minimum absolute atomic E-state index is 0.0520. The van der Waals surface area contributed by atoms with Crippen molar-refractivity contribution in [2.24, 2.45) is 5.41 Å². The molecule has 0 aliphatic carbocycles. The van der Waals surface area contributed by atoms with Crippen molar-refractivity contribution in [3.05, 3.63) is 12.4 Å². The Bertz CT molecular complexity index is 482. The summed E-state index contributed by atoms with van der Waals surface area (Å²) < 4.78 is 5.53. The number of carbonyl (C=O) groups is 1. The van der Waals surface area contributed by atoms with E-state index in [0.717, 1.165) is 5.82 Å². The minimum atomic E-state index is -0.722. The summed E-state index contributed by atoms with van der Waals surface area (Å²) in [7, 11) is 0. The fraction of sp³-hybridized carbons (Fsp3) is 0.643. The van der Waals surface area contributed by atoms with Gasteiger partial charge in [0.25, 0.3) is 0 Å². The number of hydrogen-bond donors (Lipinski definition) is 1. The first-order chi connectivity index (χ1) is 9.40. The lowest BCUT2D eigenvalue weighted by Gasteiger charge is -2.36. The minimum Gasteiger partial charge on any atom is -0.481 e. The van der Waals surface area contributed by atoms with E-state index in [1.54, 1.807) is 19.3 Å². The van der Waals surface area contributed by atoms with Crippen LogP contribution in [0.3, 0.4) is 0 Å². The molecule has 2 rings (SSSR count). The quantitative estimate of drug-likeness (QED) is 0.908. The number of rotatable bonds is 4. The van der Waals surface area contributed by atoms with Gasteiger partial charge in [0.15, 0.2) is 5.82 Å². The summed E-state index contributed by atoms with van der Waals surface area (Å²) in [5.41, 5.74) is -0.629. The number of aliphatic carboxylic acids is 1. The summed E-state index contributed by atoms with van der Waals surface area (Å²) in [6.07, 6.45) is 4.56. The SMILES string of the molecule is CC(C)Oc1cncc(N2CCC(C)(C(=O)O)CC2)n1. The van der Waals surface area contributed by atoms with Gasteiger partial charge in [-0.05, 0) is 33.6 Å². The van der Waals surface area contributed by atoms with E-state index in [1.807, 2.05) is 13.8 Å². The number of ether oxygens (including phenoxy) is 1. The second kappa shape index (κ2) is 5.64. The van der Waals surface area contributed by atoms with E-state index >= 15 is 0 Å². The molecule has 1 fully saturated rings.